The van der Waals surface area contributed by atoms with Gasteiger partial charge in [0.05, 0.1) is 38.3 Å². The number of carboxylic acid groups (broad SMARTS) is 1. The molecule has 1 aliphatic rings. The van der Waals surface area contributed by atoms with Crippen molar-refractivity contribution < 1.29 is 33.6 Å². The summed E-state index contributed by atoms with van der Waals surface area (Å²) in [7, 11) is 3.11. The molecule has 2 aromatic heterocycles. The van der Waals surface area contributed by atoms with Crippen LogP contribution >= 0.6 is 0 Å². The lowest BCUT2D eigenvalue weighted by Crippen LogP contribution is -2.09. The molecule has 1 aliphatic heterocycles. The molecule has 0 aliphatic carbocycles. The Morgan fingerprint density at radius 3 is 2.61 bits per heavy atom. The average Bonchev–Trinajstić information content (AvgIpc) is 3.78. The van der Waals surface area contributed by atoms with Gasteiger partial charge in [-0.2, -0.15) is 4.80 Å². The second kappa shape index (κ2) is 13.9. The van der Waals surface area contributed by atoms with E-state index in [1.807, 2.05) is 23.6 Å². The number of unbranched alkanes of at least 4 members (excludes halogenated alkanes) is 1. The Labute approximate surface area is 255 Å². The van der Waals surface area contributed by atoms with E-state index in [0.717, 1.165) is 25.1 Å². The van der Waals surface area contributed by atoms with Gasteiger partial charge in [-0.15, -0.1) is 10.2 Å². The first-order valence-electron chi connectivity index (χ1n) is 14.5. The first kappa shape index (κ1) is 30.4. The van der Waals surface area contributed by atoms with Gasteiger partial charge < -0.3 is 28.8 Å². The van der Waals surface area contributed by atoms with Crippen LogP contribution in [-0.4, -0.2) is 61.8 Å². The third kappa shape index (κ3) is 6.77. The lowest BCUT2D eigenvalue weighted by Gasteiger charge is -2.17. The second-order valence-electron chi connectivity index (χ2n) is 10.1. The molecule has 2 aromatic carbocycles. The lowest BCUT2D eigenvalue weighted by atomic mass is 10.0. The zero-order valence-electron chi connectivity index (χ0n) is 25.3. The fraction of sp³-hybridized carbons (Fsp3) is 0.387. The Kier molecular flexibility index (Phi) is 9.62. The highest BCUT2D eigenvalue weighted by Crippen LogP contribution is 2.39. The molecule has 5 rings (SSSR count). The molecular formula is C31H36N6O7. The molecule has 0 spiro atoms. The van der Waals surface area contributed by atoms with Crippen LogP contribution in [0.15, 0.2) is 42.1 Å². The van der Waals surface area contributed by atoms with Crippen LogP contribution in [0.4, 0.5) is 0 Å². The molecule has 0 radical (unpaired) electrons. The van der Waals surface area contributed by atoms with Crippen molar-refractivity contribution >= 4 is 12.0 Å². The van der Waals surface area contributed by atoms with E-state index >= 15 is 0 Å². The Bertz CT molecular complexity index is 1640. The van der Waals surface area contributed by atoms with Crippen LogP contribution in [0.5, 0.6) is 28.7 Å². The van der Waals surface area contributed by atoms with Crippen LogP contribution in [-0.2, 0) is 30.8 Å². The number of hydrogen-bond donors (Lipinski definition) is 1. The van der Waals surface area contributed by atoms with Crippen molar-refractivity contribution in [3.63, 3.8) is 0 Å². The molecule has 44 heavy (non-hydrogen) atoms. The Morgan fingerprint density at radius 2 is 1.89 bits per heavy atom. The van der Waals surface area contributed by atoms with E-state index in [1.165, 1.54) is 11.9 Å². The molecular weight excluding hydrogens is 568 g/mol. The highest BCUT2D eigenvalue weighted by atomic mass is 16.7. The van der Waals surface area contributed by atoms with Crippen molar-refractivity contribution in [2.45, 2.75) is 59.1 Å². The van der Waals surface area contributed by atoms with E-state index in [9.17, 15) is 9.90 Å². The molecule has 0 fully saturated rings. The maximum absolute atomic E-state index is 12.6. The molecule has 13 heteroatoms. The number of aliphatic carboxylic acids is 1. The van der Waals surface area contributed by atoms with E-state index in [-0.39, 0.29) is 25.4 Å². The van der Waals surface area contributed by atoms with Crippen LogP contribution in [0.3, 0.4) is 0 Å². The van der Waals surface area contributed by atoms with Crippen molar-refractivity contribution in [2.24, 2.45) is 0 Å². The minimum atomic E-state index is -1.07. The summed E-state index contributed by atoms with van der Waals surface area (Å²) in [6.07, 6.45) is 6.81. The number of tetrazole rings is 1. The molecule has 0 unspecified atom stereocenters. The van der Waals surface area contributed by atoms with Crippen LogP contribution < -0.4 is 23.7 Å². The van der Waals surface area contributed by atoms with E-state index in [1.54, 1.807) is 37.6 Å². The zero-order valence-corrected chi connectivity index (χ0v) is 25.3. The average molecular weight is 605 g/mol. The predicted octanol–water partition coefficient (Wildman–Crippen LogP) is 4.65. The number of aromatic nitrogens is 6. The van der Waals surface area contributed by atoms with Crippen LogP contribution in [0.2, 0.25) is 0 Å². The molecule has 0 amide bonds. The highest BCUT2D eigenvalue weighted by molar-refractivity contribution is 5.92. The Balaban J connectivity index is 1.54. The van der Waals surface area contributed by atoms with Gasteiger partial charge in [0.25, 0.3) is 0 Å². The Hall–Kier alpha value is -5.07. The molecule has 3 heterocycles. The van der Waals surface area contributed by atoms with Crippen molar-refractivity contribution in [2.75, 3.05) is 21.0 Å². The van der Waals surface area contributed by atoms with Gasteiger partial charge in [0.2, 0.25) is 12.6 Å². The molecule has 13 nitrogen and oxygen atoms in total. The molecule has 232 valence electrons. The SMILES string of the molecule is CCCCc1ncc(/C=C(\Cc2cc3c(cc2OC)OCO3)C(=O)O)n1-c1ccc(OC)cc1OCc1nnn(CCC)n1. The number of imidazole rings is 1. The minimum Gasteiger partial charge on any atom is -0.497 e. The number of fused-ring (bicyclic) bond motifs is 1. The number of rotatable bonds is 15. The summed E-state index contributed by atoms with van der Waals surface area (Å²) in [5.74, 6) is 2.84. The van der Waals surface area contributed by atoms with Gasteiger partial charge >= 0.3 is 5.97 Å². The van der Waals surface area contributed by atoms with Crippen LogP contribution in [0.1, 0.15) is 56.0 Å². The van der Waals surface area contributed by atoms with Crippen molar-refractivity contribution in [1.82, 2.24) is 29.8 Å². The molecule has 4 aromatic rings. The van der Waals surface area contributed by atoms with E-state index in [2.05, 4.69) is 22.3 Å². The summed E-state index contributed by atoms with van der Waals surface area (Å²) in [4.78, 5) is 18.8. The highest BCUT2D eigenvalue weighted by Gasteiger charge is 2.22. The minimum absolute atomic E-state index is 0.0790. The van der Waals surface area contributed by atoms with Crippen molar-refractivity contribution in [1.29, 1.82) is 0 Å². The van der Waals surface area contributed by atoms with Gasteiger partial charge in [-0.1, -0.05) is 20.3 Å². The van der Waals surface area contributed by atoms with Gasteiger partial charge in [0.15, 0.2) is 18.1 Å². The van der Waals surface area contributed by atoms with Crippen LogP contribution in [0, 0.1) is 0 Å². The molecule has 0 saturated carbocycles. The first-order valence-corrected chi connectivity index (χ1v) is 14.5. The van der Waals surface area contributed by atoms with E-state index in [0.29, 0.717) is 64.5 Å². The number of carboxylic acids is 1. The fourth-order valence-electron chi connectivity index (χ4n) is 4.85. The van der Waals surface area contributed by atoms with Crippen molar-refractivity contribution in [3.8, 4) is 34.4 Å². The van der Waals surface area contributed by atoms with E-state index in [4.69, 9.17) is 28.7 Å². The van der Waals surface area contributed by atoms with Gasteiger partial charge in [-0.3, -0.25) is 4.57 Å². The smallest absolute Gasteiger partial charge is 0.331 e. The predicted molar refractivity (Wildman–Crippen MR) is 160 cm³/mol. The summed E-state index contributed by atoms with van der Waals surface area (Å²) in [6, 6.07) is 8.93. The number of aryl methyl sites for hydroxylation is 2. The standard InChI is InChI=1S/C31H36N6O7/c1-5-7-8-30-32-17-22(13-21(31(38)39)12-20-14-27-28(44-19-43-27)16-25(20)41-4)37(30)24-10-9-23(40-3)15-26(24)42-18-29-33-35-36(34-29)11-6-2/h9-10,13-17H,5-8,11-12,18-19H2,1-4H3,(H,38,39)/b21-13+. The zero-order chi connectivity index (χ0) is 31.1. The normalized spacial score (nSPS) is 12.4. The largest absolute Gasteiger partial charge is 0.497 e. The first-order chi connectivity index (χ1) is 21.4. The summed E-state index contributed by atoms with van der Waals surface area (Å²) >= 11 is 0. The second-order valence-corrected chi connectivity index (χ2v) is 10.1. The number of carbonyl (C=O) groups is 1. The fourth-order valence-corrected chi connectivity index (χ4v) is 4.85. The molecule has 0 atom stereocenters. The quantitative estimate of drug-likeness (QED) is 0.189. The molecule has 0 saturated heterocycles. The van der Waals surface area contributed by atoms with Gasteiger partial charge in [0.1, 0.15) is 23.1 Å². The maximum Gasteiger partial charge on any atom is 0.331 e. The number of benzene rings is 2. The maximum atomic E-state index is 12.6. The molecule has 1 N–H and O–H groups in total. The number of ether oxygens (including phenoxy) is 5. The summed E-state index contributed by atoms with van der Waals surface area (Å²) in [6.45, 7) is 4.99. The van der Waals surface area contributed by atoms with Gasteiger partial charge in [-0.05, 0) is 42.3 Å². The van der Waals surface area contributed by atoms with Crippen LogP contribution in [0.25, 0.3) is 11.8 Å². The van der Waals surface area contributed by atoms with Crippen molar-refractivity contribution in [3.05, 3.63) is 65.0 Å². The summed E-state index contributed by atoms with van der Waals surface area (Å²) in [5.41, 5.74) is 2.04. The third-order valence-electron chi connectivity index (χ3n) is 7.05. The lowest BCUT2D eigenvalue weighted by molar-refractivity contribution is -0.132. The topological polar surface area (TPSA) is 145 Å². The number of methoxy groups -OCH3 is 2. The third-order valence-corrected chi connectivity index (χ3v) is 7.05. The number of hydrogen-bond acceptors (Lipinski definition) is 10. The Morgan fingerprint density at radius 1 is 1.07 bits per heavy atom. The summed E-state index contributed by atoms with van der Waals surface area (Å²) in [5, 5.41) is 22.8. The number of nitrogens with zero attached hydrogens (tertiary/aromatic N) is 6. The summed E-state index contributed by atoms with van der Waals surface area (Å²) < 4.78 is 30.2. The van der Waals surface area contributed by atoms with Gasteiger partial charge in [0, 0.05) is 36.1 Å². The van der Waals surface area contributed by atoms with E-state index < -0.39 is 5.97 Å². The monoisotopic (exact) mass is 604 g/mol. The van der Waals surface area contributed by atoms with Gasteiger partial charge in [-0.25, -0.2) is 9.78 Å². The molecule has 0 bridgehead atoms.